The predicted molar refractivity (Wildman–Crippen MR) is 148 cm³/mol. The molecule has 0 heterocycles. The number of allylic oxidation sites excluding steroid dienone is 3. The van der Waals surface area contributed by atoms with E-state index in [1.807, 2.05) is 44.2 Å². The van der Waals surface area contributed by atoms with Crippen molar-refractivity contribution < 1.29 is 14.3 Å². The number of halogens is 1. The first kappa shape index (κ1) is 28.4. The van der Waals surface area contributed by atoms with Crippen molar-refractivity contribution in [3.63, 3.8) is 0 Å². The van der Waals surface area contributed by atoms with Gasteiger partial charge in [0.1, 0.15) is 18.1 Å². The number of aldehydes is 1. The molecule has 190 valence electrons. The number of hydrogen-bond donors (Lipinski definition) is 2. The lowest BCUT2D eigenvalue weighted by molar-refractivity contribution is -0.120. The molecule has 8 heteroatoms. The van der Waals surface area contributed by atoms with Gasteiger partial charge in [-0.3, -0.25) is 14.6 Å². The van der Waals surface area contributed by atoms with Crippen LogP contribution in [0.1, 0.15) is 23.1 Å². The second kappa shape index (κ2) is 13.9. The number of carbonyl (C=O) groups is 2. The number of amides is 1. The van der Waals surface area contributed by atoms with Crippen molar-refractivity contribution >= 4 is 41.3 Å². The van der Waals surface area contributed by atoms with E-state index in [1.165, 1.54) is 13.2 Å². The fourth-order valence-electron chi connectivity index (χ4n) is 3.51. The van der Waals surface area contributed by atoms with E-state index < -0.39 is 6.04 Å². The first-order chi connectivity index (χ1) is 17.2. The number of aryl methyl sites for hydroxylation is 2. The Balaban J connectivity index is 2.47. The first-order valence-electron chi connectivity index (χ1n) is 11.3. The van der Waals surface area contributed by atoms with Gasteiger partial charge in [-0.15, -0.1) is 0 Å². The van der Waals surface area contributed by atoms with E-state index in [-0.39, 0.29) is 12.3 Å². The van der Waals surface area contributed by atoms with E-state index in [4.69, 9.17) is 22.1 Å². The van der Waals surface area contributed by atoms with Gasteiger partial charge in [0.15, 0.2) is 0 Å². The van der Waals surface area contributed by atoms with Gasteiger partial charge < -0.3 is 20.7 Å². The topological polar surface area (TPSA) is 97.0 Å². The summed E-state index contributed by atoms with van der Waals surface area (Å²) in [5, 5.41) is 3.48. The molecular weight excluding hydrogens is 476 g/mol. The third kappa shape index (κ3) is 8.13. The summed E-state index contributed by atoms with van der Waals surface area (Å²) < 4.78 is 5.67. The number of ether oxygens (including phenoxy) is 1. The van der Waals surface area contributed by atoms with Crippen LogP contribution in [0.2, 0.25) is 5.02 Å². The number of benzene rings is 2. The molecule has 0 saturated carbocycles. The lowest BCUT2D eigenvalue weighted by Crippen LogP contribution is -2.40. The minimum Gasteiger partial charge on any atom is -0.495 e. The molecule has 0 fully saturated rings. The Hall–Kier alpha value is -3.84. The van der Waals surface area contributed by atoms with Crippen molar-refractivity contribution in [2.75, 3.05) is 26.5 Å². The highest BCUT2D eigenvalue weighted by Gasteiger charge is 2.24. The Labute approximate surface area is 218 Å². The highest BCUT2D eigenvalue weighted by atomic mass is 35.5. The molecule has 0 aliphatic heterocycles. The van der Waals surface area contributed by atoms with Gasteiger partial charge >= 0.3 is 0 Å². The summed E-state index contributed by atoms with van der Waals surface area (Å²) in [5.74, 6) is 0.137. The summed E-state index contributed by atoms with van der Waals surface area (Å²) in [6, 6.07) is 12.3. The molecule has 0 aromatic heterocycles. The summed E-state index contributed by atoms with van der Waals surface area (Å²) in [4.78, 5) is 30.5. The van der Waals surface area contributed by atoms with E-state index in [0.29, 0.717) is 34.0 Å². The van der Waals surface area contributed by atoms with Crippen molar-refractivity contribution in [2.45, 2.75) is 26.3 Å². The van der Waals surface area contributed by atoms with E-state index in [9.17, 15) is 9.59 Å². The molecule has 1 atom stereocenters. The Kier molecular flexibility index (Phi) is 11.0. The van der Waals surface area contributed by atoms with Gasteiger partial charge in [0.2, 0.25) is 5.91 Å². The molecule has 2 rings (SSSR count). The van der Waals surface area contributed by atoms with E-state index in [2.05, 4.69) is 10.3 Å². The first-order valence-corrected chi connectivity index (χ1v) is 11.7. The van der Waals surface area contributed by atoms with Crippen molar-refractivity contribution in [1.82, 2.24) is 4.90 Å². The van der Waals surface area contributed by atoms with Gasteiger partial charge in [0.25, 0.3) is 0 Å². The minimum atomic E-state index is -0.684. The van der Waals surface area contributed by atoms with Crippen LogP contribution in [0.15, 0.2) is 77.3 Å². The van der Waals surface area contributed by atoms with Crippen molar-refractivity contribution in [1.29, 1.82) is 0 Å². The molecule has 0 spiro atoms. The maximum absolute atomic E-state index is 13.4. The molecule has 1 amide bonds. The maximum Gasteiger partial charge on any atom is 0.247 e. The number of rotatable bonds is 11. The van der Waals surface area contributed by atoms with Crippen LogP contribution in [0, 0.1) is 13.8 Å². The molecular formula is C28H33ClN4O3. The molecule has 2 aromatic carbocycles. The van der Waals surface area contributed by atoms with Crippen molar-refractivity contribution in [2.24, 2.45) is 10.7 Å². The van der Waals surface area contributed by atoms with E-state index in [0.717, 1.165) is 16.7 Å². The number of aliphatic imine (C=N–C) groups is 1. The molecule has 0 aliphatic carbocycles. The maximum atomic E-state index is 13.4. The standard InChI is InChI=1S/C28H33ClN4O3/c1-19-6-10-23(11-7-19)32-28(35)26(17-22(30)12-14-31-3)33(4)18-27(36-5)24(13-15-34)25-16-21(29)9-8-20(25)2/h6-16,18,26H,17,30H2,1-5H3,(H,32,35)/b22-12?,24-13-,27-18+,31-14?. The SMILES string of the molecule is CN=CC=C(N)CC(C(=O)Nc1ccc(C)cc1)N(C)/C=C(OC)\C(=C/C=O)c1cc(Cl)ccc1C. The molecule has 3 N–H and O–H groups in total. The van der Waals surface area contributed by atoms with Crippen LogP contribution >= 0.6 is 11.6 Å². The quantitative estimate of drug-likeness (QED) is 0.148. The Morgan fingerprint density at radius 3 is 2.50 bits per heavy atom. The summed E-state index contributed by atoms with van der Waals surface area (Å²) in [5.41, 5.74) is 10.6. The van der Waals surface area contributed by atoms with Gasteiger partial charge in [0, 0.05) is 54.9 Å². The summed E-state index contributed by atoms with van der Waals surface area (Å²) >= 11 is 6.22. The third-order valence-corrected chi connectivity index (χ3v) is 5.75. The van der Waals surface area contributed by atoms with Gasteiger partial charge in [0.05, 0.1) is 7.11 Å². The lowest BCUT2D eigenvalue weighted by atomic mass is 9.98. The van der Waals surface area contributed by atoms with Crippen LogP contribution in [-0.2, 0) is 14.3 Å². The average molecular weight is 509 g/mol. The zero-order valence-electron chi connectivity index (χ0n) is 21.3. The van der Waals surface area contributed by atoms with E-state index >= 15 is 0 Å². The zero-order chi connectivity index (χ0) is 26.7. The van der Waals surface area contributed by atoms with Crippen molar-refractivity contribution in [3.8, 4) is 0 Å². The number of nitrogens with one attached hydrogen (secondary N) is 1. The molecule has 2 aromatic rings. The Bertz CT molecular complexity index is 1180. The van der Waals surface area contributed by atoms with Gasteiger partial charge in [-0.05, 0) is 61.4 Å². The highest BCUT2D eigenvalue weighted by molar-refractivity contribution is 6.30. The van der Waals surface area contributed by atoms with Gasteiger partial charge in [-0.2, -0.15) is 0 Å². The fourth-order valence-corrected chi connectivity index (χ4v) is 3.68. The number of nitrogens with two attached hydrogens (primary N) is 1. The number of anilines is 1. The number of likely N-dealkylation sites (N-methyl/N-ethyl adjacent to an activating group) is 1. The molecule has 0 aliphatic rings. The number of methoxy groups -OCH3 is 1. The highest BCUT2D eigenvalue weighted by Crippen LogP contribution is 2.29. The Morgan fingerprint density at radius 2 is 1.89 bits per heavy atom. The predicted octanol–water partition coefficient (Wildman–Crippen LogP) is 4.90. The van der Waals surface area contributed by atoms with Crippen LogP contribution in [0.25, 0.3) is 5.57 Å². The second-order valence-corrected chi connectivity index (χ2v) is 8.70. The normalized spacial score (nSPS) is 13.4. The van der Waals surface area contributed by atoms with Crippen LogP contribution in [0.5, 0.6) is 0 Å². The summed E-state index contributed by atoms with van der Waals surface area (Å²) in [6.45, 7) is 3.89. The second-order valence-electron chi connectivity index (χ2n) is 8.26. The Morgan fingerprint density at radius 1 is 1.19 bits per heavy atom. The molecule has 0 radical (unpaired) electrons. The summed E-state index contributed by atoms with van der Waals surface area (Å²) in [6.07, 6.45) is 7.25. The lowest BCUT2D eigenvalue weighted by Gasteiger charge is -2.27. The van der Waals surface area contributed by atoms with Crippen LogP contribution in [0.3, 0.4) is 0 Å². The van der Waals surface area contributed by atoms with Gasteiger partial charge in [-0.1, -0.05) is 35.4 Å². The number of hydrogen-bond acceptors (Lipinski definition) is 6. The van der Waals surface area contributed by atoms with Crippen LogP contribution in [-0.4, -0.2) is 50.6 Å². The largest absolute Gasteiger partial charge is 0.495 e. The van der Waals surface area contributed by atoms with Crippen molar-refractivity contribution in [3.05, 3.63) is 94.0 Å². The average Bonchev–Trinajstić information content (AvgIpc) is 2.86. The summed E-state index contributed by atoms with van der Waals surface area (Å²) in [7, 11) is 4.90. The van der Waals surface area contributed by atoms with Crippen LogP contribution in [0.4, 0.5) is 5.69 Å². The molecule has 36 heavy (non-hydrogen) atoms. The zero-order valence-corrected chi connectivity index (χ0v) is 22.0. The molecule has 0 saturated heterocycles. The smallest absolute Gasteiger partial charge is 0.247 e. The monoisotopic (exact) mass is 508 g/mol. The minimum absolute atomic E-state index is 0.233. The van der Waals surface area contributed by atoms with Crippen LogP contribution < -0.4 is 11.1 Å². The molecule has 1 unspecified atom stereocenters. The van der Waals surface area contributed by atoms with E-state index in [1.54, 1.807) is 49.6 Å². The number of carbonyl (C=O) groups excluding carboxylic acids is 2. The third-order valence-electron chi connectivity index (χ3n) is 5.51. The molecule has 0 bridgehead atoms. The fraction of sp³-hybridized carbons (Fsp3) is 0.250. The molecule has 7 nitrogen and oxygen atoms in total. The number of nitrogens with zero attached hydrogens (tertiary/aromatic N) is 2. The van der Waals surface area contributed by atoms with Gasteiger partial charge in [-0.25, -0.2) is 0 Å².